The highest BCUT2D eigenvalue weighted by Crippen LogP contribution is 2.48. The molecule has 2 rings (SSSR count). The number of hydrogen-bond acceptors (Lipinski definition) is 2. The monoisotopic (exact) mass is 233 g/mol. The summed E-state index contributed by atoms with van der Waals surface area (Å²) in [5, 5.41) is 9.81. The Labute approximate surface area is 104 Å². The Morgan fingerprint density at radius 2 is 1.94 bits per heavy atom. The topological polar surface area (TPSA) is 46.2 Å². The van der Waals surface area contributed by atoms with E-state index in [1.54, 1.807) is 0 Å². The second kappa shape index (κ2) is 5.19. The predicted molar refractivity (Wildman–Crippen MR) is 71.0 cm³/mol. The number of aliphatic hydroxyl groups is 1. The Hall–Kier alpha value is -0.860. The number of aryl methyl sites for hydroxylation is 1. The Kier molecular flexibility index (Phi) is 3.85. The van der Waals surface area contributed by atoms with Crippen molar-refractivity contribution in [3.8, 4) is 0 Å². The van der Waals surface area contributed by atoms with E-state index < -0.39 is 0 Å². The first-order valence-electron chi connectivity index (χ1n) is 6.60. The molecule has 0 saturated heterocycles. The van der Waals surface area contributed by atoms with E-state index >= 15 is 0 Å². The molecule has 0 aromatic heterocycles. The highest BCUT2D eigenvalue weighted by Gasteiger charge is 2.41. The Balaban J connectivity index is 2.36. The van der Waals surface area contributed by atoms with Gasteiger partial charge in [0, 0.05) is 17.9 Å². The van der Waals surface area contributed by atoms with Gasteiger partial charge in [0.05, 0.1) is 0 Å². The summed E-state index contributed by atoms with van der Waals surface area (Å²) in [6.45, 7) is 3.03. The first-order valence-corrected chi connectivity index (χ1v) is 6.60. The van der Waals surface area contributed by atoms with E-state index in [-0.39, 0.29) is 12.0 Å². The van der Waals surface area contributed by atoms with Crippen LogP contribution in [0.2, 0.25) is 0 Å². The molecule has 17 heavy (non-hydrogen) atoms. The molecule has 0 amide bonds. The van der Waals surface area contributed by atoms with Crippen molar-refractivity contribution in [3.05, 3.63) is 35.4 Å². The van der Waals surface area contributed by atoms with Crippen LogP contribution in [0.3, 0.4) is 0 Å². The Morgan fingerprint density at radius 3 is 2.47 bits per heavy atom. The third-order valence-electron chi connectivity index (χ3n) is 4.45. The average Bonchev–Trinajstić information content (AvgIpc) is 2.82. The van der Waals surface area contributed by atoms with E-state index in [2.05, 4.69) is 31.2 Å². The number of benzene rings is 1. The molecule has 0 unspecified atom stereocenters. The number of nitrogens with two attached hydrogens (primary N) is 1. The van der Waals surface area contributed by atoms with Crippen molar-refractivity contribution in [2.24, 2.45) is 11.1 Å². The molecule has 1 saturated carbocycles. The maximum absolute atomic E-state index is 9.81. The number of hydrogen-bond donors (Lipinski definition) is 2. The highest BCUT2D eigenvalue weighted by atomic mass is 16.3. The maximum Gasteiger partial charge on any atom is 0.0493 e. The van der Waals surface area contributed by atoms with Crippen LogP contribution in [-0.2, 0) is 0 Å². The molecule has 3 N–H and O–H groups in total. The van der Waals surface area contributed by atoms with Crippen molar-refractivity contribution >= 4 is 0 Å². The molecule has 1 aromatic rings. The summed E-state index contributed by atoms with van der Waals surface area (Å²) in [7, 11) is 0. The third kappa shape index (κ3) is 2.24. The molecule has 1 fully saturated rings. The Morgan fingerprint density at radius 1 is 1.29 bits per heavy atom. The van der Waals surface area contributed by atoms with Crippen LogP contribution in [-0.4, -0.2) is 18.3 Å². The van der Waals surface area contributed by atoms with Gasteiger partial charge in [-0.05, 0) is 37.4 Å². The van der Waals surface area contributed by atoms with Gasteiger partial charge in [-0.2, -0.15) is 0 Å². The summed E-state index contributed by atoms with van der Waals surface area (Å²) in [6, 6.07) is 8.44. The van der Waals surface area contributed by atoms with E-state index in [1.807, 2.05) is 0 Å². The van der Waals surface area contributed by atoms with E-state index in [0.29, 0.717) is 12.5 Å². The maximum atomic E-state index is 9.81. The van der Waals surface area contributed by atoms with Gasteiger partial charge in [0.2, 0.25) is 0 Å². The smallest absolute Gasteiger partial charge is 0.0493 e. The van der Waals surface area contributed by atoms with Crippen molar-refractivity contribution in [2.45, 2.75) is 38.5 Å². The van der Waals surface area contributed by atoms with Crippen LogP contribution in [0.25, 0.3) is 0 Å². The molecule has 2 heteroatoms. The van der Waals surface area contributed by atoms with Crippen molar-refractivity contribution in [1.29, 1.82) is 0 Å². The molecule has 2 nitrogen and oxygen atoms in total. The quantitative estimate of drug-likeness (QED) is 0.839. The third-order valence-corrected chi connectivity index (χ3v) is 4.45. The van der Waals surface area contributed by atoms with E-state index in [4.69, 9.17) is 5.73 Å². The van der Waals surface area contributed by atoms with Gasteiger partial charge in [-0.1, -0.05) is 37.1 Å². The van der Waals surface area contributed by atoms with Crippen LogP contribution in [0.4, 0.5) is 0 Å². The summed E-state index contributed by atoms with van der Waals surface area (Å²) < 4.78 is 0. The van der Waals surface area contributed by atoms with Gasteiger partial charge in [-0.15, -0.1) is 0 Å². The standard InChI is InChI=1S/C15H23NO/c1-12-6-2-3-7-13(12)14(10-16)15(11-17)8-4-5-9-15/h2-3,6-7,14,17H,4-5,8-11,16H2,1H3/t14-/m1/s1. The predicted octanol–water partition coefficient (Wildman–Crippen LogP) is 2.59. The van der Waals surface area contributed by atoms with Crippen LogP contribution < -0.4 is 5.73 Å². The number of aliphatic hydroxyl groups excluding tert-OH is 1. The van der Waals surface area contributed by atoms with Gasteiger partial charge >= 0.3 is 0 Å². The van der Waals surface area contributed by atoms with E-state index in [0.717, 1.165) is 12.8 Å². The largest absolute Gasteiger partial charge is 0.396 e. The fourth-order valence-electron chi connectivity index (χ4n) is 3.38. The number of rotatable bonds is 4. The minimum atomic E-state index is 0.0286. The van der Waals surface area contributed by atoms with E-state index in [1.165, 1.54) is 24.0 Å². The van der Waals surface area contributed by atoms with E-state index in [9.17, 15) is 5.11 Å². The molecule has 0 bridgehead atoms. The summed E-state index contributed by atoms with van der Waals surface area (Å²) >= 11 is 0. The fraction of sp³-hybridized carbons (Fsp3) is 0.600. The fourth-order valence-corrected chi connectivity index (χ4v) is 3.38. The lowest BCUT2D eigenvalue weighted by molar-refractivity contribution is 0.102. The molecule has 1 atom stereocenters. The summed E-state index contributed by atoms with van der Waals surface area (Å²) in [4.78, 5) is 0. The molecule has 0 aliphatic heterocycles. The first-order chi connectivity index (χ1) is 8.23. The normalized spacial score (nSPS) is 20.4. The van der Waals surface area contributed by atoms with Gasteiger partial charge in [0.1, 0.15) is 0 Å². The zero-order valence-corrected chi connectivity index (χ0v) is 10.7. The van der Waals surface area contributed by atoms with Gasteiger partial charge in [-0.3, -0.25) is 0 Å². The molecular formula is C15H23NO. The second-order valence-electron chi connectivity index (χ2n) is 5.37. The lowest BCUT2D eigenvalue weighted by Crippen LogP contribution is -2.35. The lowest BCUT2D eigenvalue weighted by atomic mass is 9.70. The minimum absolute atomic E-state index is 0.0286. The summed E-state index contributed by atoms with van der Waals surface area (Å²) in [5.74, 6) is 0.302. The molecule has 94 valence electrons. The van der Waals surface area contributed by atoms with Gasteiger partial charge < -0.3 is 10.8 Å². The molecule has 0 heterocycles. The molecule has 0 spiro atoms. The summed E-state index contributed by atoms with van der Waals surface area (Å²) in [6.07, 6.45) is 4.67. The average molecular weight is 233 g/mol. The molecule has 1 aromatic carbocycles. The first kappa shape index (κ1) is 12.6. The van der Waals surface area contributed by atoms with Crippen molar-refractivity contribution in [2.75, 3.05) is 13.2 Å². The molecule has 1 aliphatic carbocycles. The van der Waals surface area contributed by atoms with Crippen LogP contribution in [0.5, 0.6) is 0 Å². The van der Waals surface area contributed by atoms with Crippen molar-refractivity contribution in [1.82, 2.24) is 0 Å². The minimum Gasteiger partial charge on any atom is -0.396 e. The van der Waals surface area contributed by atoms with Crippen LogP contribution >= 0.6 is 0 Å². The van der Waals surface area contributed by atoms with Gasteiger partial charge in [0.15, 0.2) is 0 Å². The molecule has 0 radical (unpaired) electrons. The SMILES string of the molecule is Cc1ccccc1[C@@H](CN)C1(CO)CCCC1. The molecule has 1 aliphatic rings. The molecular weight excluding hydrogens is 210 g/mol. The van der Waals surface area contributed by atoms with Crippen LogP contribution in [0.1, 0.15) is 42.7 Å². The second-order valence-corrected chi connectivity index (χ2v) is 5.37. The lowest BCUT2D eigenvalue weighted by Gasteiger charge is -2.36. The van der Waals surface area contributed by atoms with Crippen LogP contribution in [0.15, 0.2) is 24.3 Å². The highest BCUT2D eigenvalue weighted by molar-refractivity contribution is 5.31. The zero-order chi connectivity index (χ0) is 12.3. The zero-order valence-electron chi connectivity index (χ0n) is 10.7. The van der Waals surface area contributed by atoms with Crippen LogP contribution in [0, 0.1) is 12.3 Å². The van der Waals surface area contributed by atoms with Gasteiger partial charge in [0.25, 0.3) is 0 Å². The van der Waals surface area contributed by atoms with Crippen molar-refractivity contribution in [3.63, 3.8) is 0 Å². The van der Waals surface area contributed by atoms with Crippen molar-refractivity contribution < 1.29 is 5.11 Å². The summed E-state index contributed by atoms with van der Waals surface area (Å²) in [5.41, 5.74) is 8.65. The van der Waals surface area contributed by atoms with Gasteiger partial charge in [-0.25, -0.2) is 0 Å². The Bertz CT molecular complexity index is 369.